The van der Waals surface area contributed by atoms with Gasteiger partial charge < -0.3 is 4.98 Å². The zero-order valence-electron chi connectivity index (χ0n) is 21.3. The van der Waals surface area contributed by atoms with Crippen molar-refractivity contribution < 1.29 is 0 Å². The van der Waals surface area contributed by atoms with E-state index in [4.69, 9.17) is 15.0 Å². The fourth-order valence-corrected chi connectivity index (χ4v) is 6.36. The average molecular weight is 521 g/mol. The lowest BCUT2D eigenvalue weighted by Crippen LogP contribution is -2.00. The van der Waals surface area contributed by atoms with Crippen LogP contribution in [0.15, 0.2) is 104 Å². The van der Waals surface area contributed by atoms with Gasteiger partial charge in [-0.1, -0.05) is 79.4 Å². The summed E-state index contributed by atoms with van der Waals surface area (Å²) in [6, 6.07) is 31.3. The third kappa shape index (κ3) is 3.95. The Bertz CT molecular complexity index is 2050. The van der Waals surface area contributed by atoms with E-state index >= 15 is 0 Å². The molecule has 4 aromatic carbocycles. The first kappa shape index (κ1) is 23.3. The van der Waals surface area contributed by atoms with Crippen LogP contribution in [-0.4, -0.2) is 19.9 Å². The summed E-state index contributed by atoms with van der Waals surface area (Å²) >= 11 is 1.78. The Morgan fingerprint density at radius 3 is 2.28 bits per heavy atom. The second kappa shape index (κ2) is 9.46. The number of fused-ring (bicyclic) bond motifs is 4. The van der Waals surface area contributed by atoms with Crippen molar-refractivity contribution in [3.8, 4) is 34.2 Å². The number of nitrogens with zero attached hydrogens (tertiary/aromatic N) is 3. The van der Waals surface area contributed by atoms with Gasteiger partial charge in [0.25, 0.3) is 0 Å². The quantitative estimate of drug-likeness (QED) is 0.246. The van der Waals surface area contributed by atoms with Crippen molar-refractivity contribution in [2.24, 2.45) is 0 Å². The van der Waals surface area contributed by atoms with E-state index in [9.17, 15) is 0 Å². The van der Waals surface area contributed by atoms with Crippen LogP contribution in [-0.2, 0) is 0 Å². The molecule has 0 unspecified atom stereocenters. The lowest BCUT2D eigenvalue weighted by atomic mass is 10.1. The number of aromatic nitrogens is 4. The SMILES string of the molecule is C=Cc1[nH]c2ccc(-c3nc(-c4ccccc4)nc(-c4cccc5c4sc4ccccc45)n3)cc2c1/C=C\C. The number of aromatic amines is 1. The molecule has 0 fully saturated rings. The maximum atomic E-state index is 5.07. The van der Waals surface area contributed by atoms with Crippen LogP contribution in [0.5, 0.6) is 0 Å². The molecule has 0 amide bonds. The van der Waals surface area contributed by atoms with Gasteiger partial charge in [-0.3, -0.25) is 0 Å². The van der Waals surface area contributed by atoms with Crippen molar-refractivity contribution in [1.29, 1.82) is 0 Å². The van der Waals surface area contributed by atoms with Gasteiger partial charge in [0.1, 0.15) is 0 Å². The molecule has 3 aromatic heterocycles. The van der Waals surface area contributed by atoms with Gasteiger partial charge in [0.2, 0.25) is 0 Å². The summed E-state index contributed by atoms with van der Waals surface area (Å²) in [4.78, 5) is 18.5. The highest BCUT2D eigenvalue weighted by molar-refractivity contribution is 7.26. The standard InChI is InChI=1S/C34H24N4S/c1-3-11-23-27-20-22(18-19-29(27)35-28(23)4-2)33-36-32(21-12-6-5-7-13-21)37-34(38-33)26-16-10-15-25-24-14-8-9-17-30(24)39-31(25)26/h3-20,35H,2H2,1H3/b11-3-. The van der Waals surface area contributed by atoms with Crippen LogP contribution < -0.4 is 0 Å². The molecule has 0 saturated carbocycles. The maximum absolute atomic E-state index is 5.07. The third-order valence-corrected chi connectivity index (χ3v) is 8.20. The molecule has 0 atom stereocenters. The maximum Gasteiger partial charge on any atom is 0.165 e. The summed E-state index contributed by atoms with van der Waals surface area (Å²) in [5.74, 6) is 1.97. The fourth-order valence-electron chi connectivity index (χ4n) is 5.14. The first-order chi connectivity index (χ1) is 19.2. The van der Waals surface area contributed by atoms with Crippen LogP contribution in [0.1, 0.15) is 18.2 Å². The van der Waals surface area contributed by atoms with Gasteiger partial charge in [-0.2, -0.15) is 0 Å². The van der Waals surface area contributed by atoms with Crippen molar-refractivity contribution in [2.75, 3.05) is 0 Å². The lowest BCUT2D eigenvalue weighted by Gasteiger charge is -2.09. The molecule has 7 aromatic rings. The predicted molar refractivity (Wildman–Crippen MR) is 166 cm³/mol. The Morgan fingerprint density at radius 1 is 0.718 bits per heavy atom. The van der Waals surface area contributed by atoms with Crippen LogP contribution >= 0.6 is 11.3 Å². The van der Waals surface area contributed by atoms with Crippen molar-refractivity contribution in [3.05, 3.63) is 115 Å². The van der Waals surface area contributed by atoms with Gasteiger partial charge in [0.05, 0.1) is 0 Å². The average Bonchev–Trinajstić information content (AvgIpc) is 3.55. The van der Waals surface area contributed by atoms with Crippen LogP contribution in [0, 0.1) is 0 Å². The minimum atomic E-state index is 0.645. The molecule has 0 spiro atoms. The summed E-state index contributed by atoms with van der Waals surface area (Å²) in [5, 5.41) is 3.58. The van der Waals surface area contributed by atoms with E-state index < -0.39 is 0 Å². The van der Waals surface area contributed by atoms with Gasteiger partial charge >= 0.3 is 0 Å². The molecule has 0 bridgehead atoms. The summed E-state index contributed by atoms with van der Waals surface area (Å²) < 4.78 is 2.44. The molecule has 0 radical (unpaired) electrons. The van der Waals surface area contributed by atoms with Crippen molar-refractivity contribution >= 4 is 54.6 Å². The first-order valence-corrected chi connectivity index (χ1v) is 13.7. The van der Waals surface area contributed by atoms with E-state index in [1.165, 1.54) is 20.2 Å². The smallest absolute Gasteiger partial charge is 0.165 e. The van der Waals surface area contributed by atoms with E-state index in [0.717, 1.165) is 38.9 Å². The Hall–Kier alpha value is -4.87. The number of rotatable bonds is 5. The van der Waals surface area contributed by atoms with Gasteiger partial charge in [0, 0.05) is 59.0 Å². The largest absolute Gasteiger partial charge is 0.355 e. The normalized spacial score (nSPS) is 11.7. The van der Waals surface area contributed by atoms with Crippen LogP contribution in [0.2, 0.25) is 0 Å². The molecule has 0 aliphatic rings. The predicted octanol–water partition coefficient (Wildman–Crippen LogP) is 9.40. The third-order valence-electron chi connectivity index (χ3n) is 6.98. The van der Waals surface area contributed by atoms with E-state index in [-0.39, 0.29) is 0 Å². The van der Waals surface area contributed by atoms with E-state index in [1.807, 2.05) is 49.4 Å². The Kier molecular flexibility index (Phi) is 5.64. The van der Waals surface area contributed by atoms with Crippen molar-refractivity contribution in [1.82, 2.24) is 19.9 Å². The number of allylic oxidation sites excluding steroid dienone is 1. The summed E-state index contributed by atoms with van der Waals surface area (Å²) in [5.41, 5.74) is 6.06. The number of benzene rings is 4. The number of H-pyrrole nitrogens is 1. The molecule has 5 heteroatoms. The summed E-state index contributed by atoms with van der Waals surface area (Å²) in [6.45, 7) is 6.01. The van der Waals surface area contributed by atoms with E-state index in [1.54, 1.807) is 11.3 Å². The molecule has 4 nitrogen and oxygen atoms in total. The number of hydrogen-bond acceptors (Lipinski definition) is 4. The van der Waals surface area contributed by atoms with Gasteiger partial charge in [-0.15, -0.1) is 11.3 Å². The number of thiophene rings is 1. The number of hydrogen-bond donors (Lipinski definition) is 1. The van der Waals surface area contributed by atoms with Crippen LogP contribution in [0.3, 0.4) is 0 Å². The molecule has 0 aliphatic heterocycles. The minimum absolute atomic E-state index is 0.645. The van der Waals surface area contributed by atoms with Gasteiger partial charge in [-0.25, -0.2) is 15.0 Å². The Morgan fingerprint density at radius 2 is 1.46 bits per heavy atom. The monoisotopic (exact) mass is 520 g/mol. The van der Waals surface area contributed by atoms with Crippen LogP contribution in [0.4, 0.5) is 0 Å². The van der Waals surface area contributed by atoms with Crippen molar-refractivity contribution in [2.45, 2.75) is 6.92 Å². The molecule has 1 N–H and O–H groups in total. The van der Waals surface area contributed by atoms with Gasteiger partial charge in [0.15, 0.2) is 17.5 Å². The highest BCUT2D eigenvalue weighted by Gasteiger charge is 2.17. The molecular weight excluding hydrogens is 496 g/mol. The zero-order valence-corrected chi connectivity index (χ0v) is 22.2. The van der Waals surface area contributed by atoms with Gasteiger partial charge in [-0.05, 0) is 43.3 Å². The highest BCUT2D eigenvalue weighted by atomic mass is 32.1. The number of nitrogens with one attached hydrogen (secondary N) is 1. The minimum Gasteiger partial charge on any atom is -0.355 e. The molecule has 3 heterocycles. The first-order valence-electron chi connectivity index (χ1n) is 12.9. The molecule has 186 valence electrons. The zero-order chi connectivity index (χ0) is 26.3. The molecule has 39 heavy (non-hydrogen) atoms. The second-order valence-electron chi connectivity index (χ2n) is 9.37. The summed E-state index contributed by atoms with van der Waals surface area (Å²) in [7, 11) is 0. The summed E-state index contributed by atoms with van der Waals surface area (Å²) in [6.07, 6.45) is 6.01. The molecular formula is C34H24N4S. The second-order valence-corrected chi connectivity index (χ2v) is 10.4. The Balaban J connectivity index is 1.48. The molecule has 0 saturated heterocycles. The van der Waals surface area contributed by atoms with E-state index in [2.05, 4.69) is 78.3 Å². The molecule has 0 aliphatic carbocycles. The Labute approximate surface area is 230 Å². The lowest BCUT2D eigenvalue weighted by molar-refractivity contribution is 1.08. The van der Waals surface area contributed by atoms with Crippen molar-refractivity contribution in [3.63, 3.8) is 0 Å². The van der Waals surface area contributed by atoms with E-state index in [0.29, 0.717) is 17.5 Å². The highest BCUT2D eigenvalue weighted by Crippen LogP contribution is 2.39. The fraction of sp³-hybridized carbons (Fsp3) is 0.0294. The topological polar surface area (TPSA) is 54.5 Å². The molecule has 7 rings (SSSR count). The van der Waals surface area contributed by atoms with Crippen LogP contribution in [0.25, 0.3) is 77.4 Å².